The van der Waals surface area contributed by atoms with E-state index in [1.54, 1.807) is 12.1 Å². The van der Waals surface area contributed by atoms with Crippen molar-refractivity contribution >= 4 is 6.08 Å². The molecule has 0 saturated carbocycles. The van der Waals surface area contributed by atoms with Crippen LogP contribution in [0.5, 0.6) is 11.5 Å². The van der Waals surface area contributed by atoms with Crippen molar-refractivity contribution in [3.05, 3.63) is 65.7 Å². The third kappa shape index (κ3) is 3.88. The van der Waals surface area contributed by atoms with Crippen molar-refractivity contribution in [2.24, 2.45) is 0 Å². The van der Waals surface area contributed by atoms with Crippen LogP contribution in [0.2, 0.25) is 0 Å². The van der Waals surface area contributed by atoms with E-state index >= 15 is 0 Å². The van der Waals surface area contributed by atoms with E-state index in [0.717, 1.165) is 22.4 Å². The van der Waals surface area contributed by atoms with Gasteiger partial charge < -0.3 is 9.84 Å². The van der Waals surface area contributed by atoms with E-state index in [1.165, 1.54) is 0 Å². The number of aromatic hydroxyl groups is 1. The highest BCUT2D eigenvalue weighted by Crippen LogP contribution is 2.34. The molecule has 2 aromatic carbocycles. The average molecular weight is 282 g/mol. The topological polar surface area (TPSA) is 29.5 Å². The zero-order valence-electron chi connectivity index (χ0n) is 12.9. The van der Waals surface area contributed by atoms with Gasteiger partial charge in [-0.2, -0.15) is 0 Å². The second-order valence-electron chi connectivity index (χ2n) is 6.16. The molecule has 110 valence electrons. The Labute approximate surface area is 126 Å². The van der Waals surface area contributed by atoms with Crippen LogP contribution in [0.4, 0.5) is 0 Å². The largest absolute Gasteiger partial charge is 0.508 e. The van der Waals surface area contributed by atoms with Crippen molar-refractivity contribution in [2.75, 3.05) is 0 Å². The molecule has 0 aliphatic carbocycles. The fraction of sp³-hybridized carbons (Fsp3) is 0.263. The van der Waals surface area contributed by atoms with Crippen LogP contribution in [0, 0.1) is 0 Å². The first-order valence-electron chi connectivity index (χ1n) is 7.08. The maximum Gasteiger partial charge on any atom is 0.123 e. The second kappa shape index (κ2) is 6.04. The molecule has 0 unspecified atom stereocenters. The minimum atomic E-state index is -0.0826. The smallest absolute Gasteiger partial charge is 0.123 e. The van der Waals surface area contributed by atoms with E-state index in [0.29, 0.717) is 6.61 Å². The lowest BCUT2D eigenvalue weighted by Crippen LogP contribution is -2.13. The highest BCUT2D eigenvalue weighted by Gasteiger charge is 2.19. The molecule has 2 nitrogen and oxygen atoms in total. The van der Waals surface area contributed by atoms with Crippen LogP contribution in [0.25, 0.3) is 6.08 Å². The molecule has 2 heteroatoms. The SMILES string of the molecule is C=Cc1ccc(COc2ccc(O)cc2C(C)(C)C)cc1. The lowest BCUT2D eigenvalue weighted by atomic mass is 9.86. The Kier molecular flexibility index (Phi) is 4.37. The summed E-state index contributed by atoms with van der Waals surface area (Å²) in [5, 5.41) is 9.68. The molecule has 2 rings (SSSR count). The van der Waals surface area contributed by atoms with Crippen LogP contribution in [0.1, 0.15) is 37.5 Å². The van der Waals surface area contributed by atoms with Crippen molar-refractivity contribution < 1.29 is 9.84 Å². The summed E-state index contributed by atoms with van der Waals surface area (Å²) in [5.41, 5.74) is 3.12. The van der Waals surface area contributed by atoms with Gasteiger partial charge >= 0.3 is 0 Å². The van der Waals surface area contributed by atoms with E-state index < -0.39 is 0 Å². The van der Waals surface area contributed by atoms with Gasteiger partial charge in [0.05, 0.1) is 0 Å². The maximum atomic E-state index is 9.68. The molecule has 0 aliphatic heterocycles. The Bertz CT molecular complexity index is 619. The zero-order chi connectivity index (χ0) is 15.5. The molecule has 0 saturated heterocycles. The lowest BCUT2D eigenvalue weighted by molar-refractivity contribution is 0.296. The van der Waals surface area contributed by atoms with Crippen molar-refractivity contribution in [3.63, 3.8) is 0 Å². The molecule has 1 N–H and O–H groups in total. The minimum absolute atomic E-state index is 0.0826. The van der Waals surface area contributed by atoms with Gasteiger partial charge in [0.1, 0.15) is 18.1 Å². The number of hydrogen-bond donors (Lipinski definition) is 1. The summed E-state index contributed by atoms with van der Waals surface area (Å²) in [6.07, 6.45) is 1.82. The number of hydrogen-bond acceptors (Lipinski definition) is 2. The van der Waals surface area contributed by atoms with Crippen LogP contribution in [0.15, 0.2) is 49.0 Å². The predicted octanol–water partition coefficient (Wildman–Crippen LogP) is 4.91. The molecule has 0 atom stereocenters. The van der Waals surface area contributed by atoms with Gasteiger partial charge in [0.15, 0.2) is 0 Å². The Morgan fingerprint density at radius 3 is 2.33 bits per heavy atom. The van der Waals surface area contributed by atoms with Crippen molar-refractivity contribution in [3.8, 4) is 11.5 Å². The summed E-state index contributed by atoms with van der Waals surface area (Å²) in [5.74, 6) is 1.08. The summed E-state index contributed by atoms with van der Waals surface area (Å²) >= 11 is 0. The van der Waals surface area contributed by atoms with Gasteiger partial charge in [-0.05, 0) is 34.7 Å². The van der Waals surface area contributed by atoms with Gasteiger partial charge in [0.25, 0.3) is 0 Å². The van der Waals surface area contributed by atoms with Crippen LogP contribution in [-0.2, 0) is 12.0 Å². The van der Waals surface area contributed by atoms with Gasteiger partial charge in [-0.25, -0.2) is 0 Å². The molecule has 0 aromatic heterocycles. The Hall–Kier alpha value is -2.22. The van der Waals surface area contributed by atoms with Crippen LogP contribution < -0.4 is 4.74 Å². The normalized spacial score (nSPS) is 11.2. The number of phenols is 1. The van der Waals surface area contributed by atoms with Crippen molar-refractivity contribution in [1.29, 1.82) is 0 Å². The lowest BCUT2D eigenvalue weighted by Gasteiger charge is -2.23. The fourth-order valence-corrected chi connectivity index (χ4v) is 2.14. The number of rotatable bonds is 4. The second-order valence-corrected chi connectivity index (χ2v) is 6.16. The molecule has 0 bridgehead atoms. The van der Waals surface area contributed by atoms with Crippen molar-refractivity contribution in [2.45, 2.75) is 32.8 Å². The monoisotopic (exact) mass is 282 g/mol. The first-order chi connectivity index (χ1) is 9.90. The predicted molar refractivity (Wildman–Crippen MR) is 87.7 cm³/mol. The van der Waals surface area contributed by atoms with Crippen molar-refractivity contribution in [1.82, 2.24) is 0 Å². The molecule has 0 amide bonds. The molecule has 0 radical (unpaired) electrons. The Balaban J connectivity index is 2.17. The highest BCUT2D eigenvalue weighted by molar-refractivity contribution is 5.47. The van der Waals surface area contributed by atoms with E-state index in [1.807, 2.05) is 36.4 Å². The van der Waals surface area contributed by atoms with Crippen LogP contribution in [0.3, 0.4) is 0 Å². The third-order valence-electron chi connectivity index (χ3n) is 3.38. The summed E-state index contributed by atoms with van der Waals surface area (Å²) in [6, 6.07) is 13.4. The number of benzene rings is 2. The van der Waals surface area contributed by atoms with E-state index in [9.17, 15) is 5.11 Å². The molecule has 0 heterocycles. The van der Waals surface area contributed by atoms with Gasteiger partial charge in [-0.3, -0.25) is 0 Å². The quantitative estimate of drug-likeness (QED) is 0.863. The molecular weight excluding hydrogens is 260 g/mol. The standard InChI is InChI=1S/C19H22O2/c1-5-14-6-8-15(9-7-14)13-21-18-11-10-16(20)12-17(18)19(2,3)4/h5-12,20H,1,13H2,2-4H3. The fourth-order valence-electron chi connectivity index (χ4n) is 2.14. The van der Waals surface area contributed by atoms with Gasteiger partial charge in [0.2, 0.25) is 0 Å². The van der Waals surface area contributed by atoms with Crippen LogP contribution >= 0.6 is 0 Å². The number of ether oxygens (including phenoxy) is 1. The molecule has 21 heavy (non-hydrogen) atoms. The van der Waals surface area contributed by atoms with Crippen LogP contribution in [-0.4, -0.2) is 5.11 Å². The summed E-state index contributed by atoms with van der Waals surface area (Å²) in [7, 11) is 0. The molecule has 0 fully saturated rings. The Morgan fingerprint density at radius 2 is 1.76 bits per heavy atom. The number of phenolic OH excluding ortho intramolecular Hbond substituents is 1. The Morgan fingerprint density at radius 1 is 1.10 bits per heavy atom. The summed E-state index contributed by atoms with van der Waals surface area (Å²) < 4.78 is 5.94. The molecule has 0 spiro atoms. The average Bonchev–Trinajstić information content (AvgIpc) is 2.45. The maximum absolute atomic E-state index is 9.68. The minimum Gasteiger partial charge on any atom is -0.508 e. The highest BCUT2D eigenvalue weighted by atomic mass is 16.5. The zero-order valence-corrected chi connectivity index (χ0v) is 12.9. The van der Waals surface area contributed by atoms with Gasteiger partial charge in [0, 0.05) is 5.56 Å². The first-order valence-corrected chi connectivity index (χ1v) is 7.08. The van der Waals surface area contributed by atoms with E-state index in [-0.39, 0.29) is 11.2 Å². The van der Waals surface area contributed by atoms with E-state index in [4.69, 9.17) is 4.74 Å². The summed E-state index contributed by atoms with van der Waals surface area (Å²) in [6.45, 7) is 10.6. The molecule has 2 aromatic rings. The van der Waals surface area contributed by atoms with Gasteiger partial charge in [-0.1, -0.05) is 57.7 Å². The third-order valence-corrected chi connectivity index (χ3v) is 3.38. The van der Waals surface area contributed by atoms with Gasteiger partial charge in [-0.15, -0.1) is 0 Å². The molecule has 0 aliphatic rings. The van der Waals surface area contributed by atoms with E-state index in [2.05, 4.69) is 27.4 Å². The first kappa shape index (κ1) is 15.2. The summed E-state index contributed by atoms with van der Waals surface area (Å²) in [4.78, 5) is 0. The molecular formula is C19H22O2.